The van der Waals surface area contributed by atoms with E-state index in [0.717, 1.165) is 46.2 Å². The molecule has 2 aromatic rings. The van der Waals surface area contributed by atoms with Crippen molar-refractivity contribution in [1.29, 1.82) is 0 Å². The predicted octanol–water partition coefficient (Wildman–Crippen LogP) is 6.31. The van der Waals surface area contributed by atoms with E-state index < -0.39 is 11.7 Å². The number of pyridine rings is 1. The Morgan fingerprint density at radius 1 is 1.25 bits per heavy atom. The minimum Gasteiger partial charge on any atom is -0.485 e. The number of aliphatic hydroxyl groups is 1. The molecule has 1 aliphatic rings. The first-order chi connectivity index (χ1) is 13.0. The van der Waals surface area contributed by atoms with Gasteiger partial charge in [-0.2, -0.15) is 0 Å². The maximum absolute atomic E-state index is 10.5. The monoisotopic (exact) mass is 402 g/mol. The summed E-state index contributed by atoms with van der Waals surface area (Å²) in [4.78, 5) is 4.77. The number of aliphatic hydroxyl groups excluding tert-OH is 1. The summed E-state index contributed by atoms with van der Waals surface area (Å²) < 4.78 is 6.38. The van der Waals surface area contributed by atoms with Gasteiger partial charge >= 0.3 is 0 Å². The number of halogens is 1. The summed E-state index contributed by atoms with van der Waals surface area (Å²) in [5, 5.41) is 12.2. The zero-order valence-electron chi connectivity index (χ0n) is 18.2. The van der Waals surface area contributed by atoms with Gasteiger partial charge in [0, 0.05) is 22.9 Å². The van der Waals surface area contributed by atoms with Crippen molar-refractivity contribution in [2.24, 2.45) is 0 Å². The van der Waals surface area contributed by atoms with Crippen LogP contribution < -0.4 is 4.74 Å². The molecule has 1 aromatic carbocycles. The number of fused-ring (bicyclic) bond motifs is 2. The van der Waals surface area contributed by atoms with Crippen molar-refractivity contribution in [2.75, 3.05) is 0 Å². The van der Waals surface area contributed by atoms with Crippen LogP contribution in [-0.4, -0.2) is 21.8 Å². The zero-order valence-corrected chi connectivity index (χ0v) is 19.0. The average molecular weight is 403 g/mol. The minimum atomic E-state index is -0.671. The lowest BCUT2D eigenvalue weighted by Crippen LogP contribution is -2.46. The van der Waals surface area contributed by atoms with Gasteiger partial charge in [0.2, 0.25) is 0 Å². The quantitative estimate of drug-likeness (QED) is 0.481. The molecule has 153 valence electrons. The molecule has 4 heteroatoms. The molecule has 0 amide bonds. The molecule has 1 radical (unpaired) electrons. The van der Waals surface area contributed by atoms with Crippen molar-refractivity contribution >= 4 is 22.5 Å². The van der Waals surface area contributed by atoms with Crippen molar-refractivity contribution in [3.05, 3.63) is 39.9 Å². The second-order valence-corrected chi connectivity index (χ2v) is 9.95. The highest BCUT2D eigenvalue weighted by molar-refractivity contribution is 6.30. The van der Waals surface area contributed by atoms with Crippen LogP contribution in [0.2, 0.25) is 5.15 Å². The van der Waals surface area contributed by atoms with Gasteiger partial charge in [-0.25, -0.2) is 4.98 Å². The van der Waals surface area contributed by atoms with Gasteiger partial charge in [0.15, 0.2) is 0 Å². The topological polar surface area (TPSA) is 42.4 Å². The van der Waals surface area contributed by atoms with E-state index in [2.05, 4.69) is 34.6 Å². The van der Waals surface area contributed by atoms with Crippen molar-refractivity contribution in [1.82, 2.24) is 4.98 Å². The Morgan fingerprint density at radius 3 is 2.54 bits per heavy atom. The maximum Gasteiger partial charge on any atom is 0.133 e. The van der Waals surface area contributed by atoms with E-state index in [0.29, 0.717) is 5.15 Å². The third kappa shape index (κ3) is 3.76. The molecule has 1 aromatic heterocycles. The number of aromatic nitrogens is 1. The number of aryl methyl sites for hydroxylation is 1. The number of rotatable bonds is 4. The van der Waals surface area contributed by atoms with Crippen LogP contribution in [0, 0.1) is 13.3 Å². The molecule has 0 fully saturated rings. The highest BCUT2D eigenvalue weighted by Gasteiger charge is 2.39. The fraction of sp³-hybridized carbons (Fsp3) is 0.583. The number of ether oxygens (including phenoxy) is 1. The molecule has 0 bridgehead atoms. The third-order valence-electron chi connectivity index (χ3n) is 5.78. The Hall–Kier alpha value is -1.32. The number of benzene rings is 1. The summed E-state index contributed by atoms with van der Waals surface area (Å²) in [5.74, 6) is 0.863. The van der Waals surface area contributed by atoms with E-state index in [1.807, 2.05) is 26.3 Å². The third-order valence-corrected chi connectivity index (χ3v) is 6.09. The molecular formula is C24H33ClNO2. The second kappa shape index (κ2) is 7.50. The average Bonchev–Trinajstić information content (AvgIpc) is 2.56. The summed E-state index contributed by atoms with van der Waals surface area (Å²) in [6.07, 6.45) is 5.64. The molecule has 1 atom stereocenters. The van der Waals surface area contributed by atoms with Crippen LogP contribution in [0.1, 0.15) is 83.1 Å². The molecule has 3 nitrogen and oxygen atoms in total. The normalized spacial score (nSPS) is 18.8. The second-order valence-electron chi connectivity index (χ2n) is 9.59. The number of hydrogen-bond donors (Lipinski definition) is 1. The first-order valence-electron chi connectivity index (χ1n) is 10.4. The lowest BCUT2D eigenvalue weighted by Gasteiger charge is -2.40. The molecule has 0 spiro atoms. The van der Waals surface area contributed by atoms with Gasteiger partial charge in [0.05, 0.1) is 5.52 Å². The molecule has 0 aliphatic carbocycles. The van der Waals surface area contributed by atoms with E-state index in [-0.39, 0.29) is 5.41 Å². The Labute approximate surface area is 174 Å². The highest BCUT2D eigenvalue weighted by Crippen LogP contribution is 2.47. The van der Waals surface area contributed by atoms with Crippen molar-refractivity contribution < 1.29 is 9.84 Å². The minimum absolute atomic E-state index is 0.142. The van der Waals surface area contributed by atoms with E-state index in [1.54, 1.807) is 0 Å². The van der Waals surface area contributed by atoms with Crippen LogP contribution in [0.3, 0.4) is 0 Å². The smallest absolute Gasteiger partial charge is 0.133 e. The van der Waals surface area contributed by atoms with Gasteiger partial charge in [0.25, 0.3) is 0 Å². The van der Waals surface area contributed by atoms with Gasteiger partial charge in [-0.1, -0.05) is 52.1 Å². The molecule has 0 saturated carbocycles. The fourth-order valence-electron chi connectivity index (χ4n) is 4.10. The Morgan fingerprint density at radius 2 is 1.93 bits per heavy atom. The van der Waals surface area contributed by atoms with Crippen molar-refractivity contribution in [3.8, 4) is 5.75 Å². The molecule has 0 unspecified atom stereocenters. The van der Waals surface area contributed by atoms with Gasteiger partial charge in [0.1, 0.15) is 22.6 Å². The standard InChI is InChI=1S/C24H33ClNO2/c1-8-9-10-11-16-14(2)19-17(26-22(16)25)12-15-13-18(27)24(6,7)28-21(15)20(19)23(3,4)5/h12-13,18,27H,8-11H2,1-7H3/t18-/m1/s1. The largest absolute Gasteiger partial charge is 0.485 e. The van der Waals surface area contributed by atoms with Crippen LogP contribution in [0.4, 0.5) is 0 Å². The number of unbranched alkanes of at least 4 members (excludes halogenated alkanes) is 2. The fourth-order valence-corrected chi connectivity index (χ4v) is 4.43. The van der Waals surface area contributed by atoms with Crippen molar-refractivity contribution in [2.45, 2.75) is 91.3 Å². The summed E-state index contributed by atoms with van der Waals surface area (Å²) in [7, 11) is 0. The van der Waals surface area contributed by atoms with Crippen LogP contribution in [0.5, 0.6) is 5.75 Å². The van der Waals surface area contributed by atoms with Crippen LogP contribution in [0.25, 0.3) is 10.9 Å². The summed E-state index contributed by atoms with van der Waals surface area (Å²) >= 11 is 6.61. The van der Waals surface area contributed by atoms with Gasteiger partial charge in [-0.15, -0.1) is 0 Å². The van der Waals surface area contributed by atoms with E-state index in [4.69, 9.17) is 21.3 Å². The van der Waals surface area contributed by atoms with E-state index in [1.165, 1.54) is 18.4 Å². The maximum atomic E-state index is 10.5. The SMILES string of the molecule is CCCCCc1c(Cl)nc2cc3c(c(C(C)(C)C)c2c1C)OC(C)(C)[C@H](O)[CH]3. The molecule has 3 rings (SSSR count). The van der Waals surface area contributed by atoms with Crippen LogP contribution >= 0.6 is 11.6 Å². The molecule has 28 heavy (non-hydrogen) atoms. The van der Waals surface area contributed by atoms with E-state index >= 15 is 0 Å². The Balaban J connectivity index is 2.31. The van der Waals surface area contributed by atoms with Gasteiger partial charge in [-0.05, 0) is 56.2 Å². The molecule has 0 saturated heterocycles. The summed E-state index contributed by atoms with van der Waals surface area (Å²) in [6, 6.07) is 2.01. The van der Waals surface area contributed by atoms with Crippen LogP contribution in [0.15, 0.2) is 6.07 Å². The Bertz CT molecular complexity index is 896. The van der Waals surface area contributed by atoms with E-state index in [9.17, 15) is 5.11 Å². The molecule has 1 N–H and O–H groups in total. The summed E-state index contributed by atoms with van der Waals surface area (Å²) in [6.45, 7) is 14.8. The number of nitrogens with zero attached hydrogens (tertiary/aromatic N) is 1. The predicted molar refractivity (Wildman–Crippen MR) is 118 cm³/mol. The van der Waals surface area contributed by atoms with Crippen LogP contribution in [-0.2, 0) is 11.8 Å². The molecule has 2 heterocycles. The lowest BCUT2D eigenvalue weighted by molar-refractivity contribution is -0.0199. The number of hydrogen-bond acceptors (Lipinski definition) is 3. The first-order valence-corrected chi connectivity index (χ1v) is 10.7. The molecular weight excluding hydrogens is 370 g/mol. The van der Waals surface area contributed by atoms with Gasteiger partial charge in [-0.3, -0.25) is 0 Å². The van der Waals surface area contributed by atoms with Crippen molar-refractivity contribution in [3.63, 3.8) is 0 Å². The Kier molecular flexibility index (Phi) is 5.73. The highest BCUT2D eigenvalue weighted by atomic mass is 35.5. The van der Waals surface area contributed by atoms with Gasteiger partial charge < -0.3 is 9.84 Å². The zero-order chi connectivity index (χ0) is 20.9. The lowest BCUT2D eigenvalue weighted by atomic mass is 9.78. The molecule has 1 aliphatic heterocycles. The first kappa shape index (κ1) is 21.4. The summed E-state index contributed by atoms with van der Waals surface area (Å²) in [5.41, 5.74) is 4.45.